The van der Waals surface area contributed by atoms with Crippen LogP contribution in [-0.4, -0.2) is 96.7 Å². The molecule has 0 saturated heterocycles. The van der Waals surface area contributed by atoms with Gasteiger partial charge in [0.1, 0.15) is 19.3 Å². The van der Waals surface area contributed by atoms with Crippen molar-refractivity contribution in [2.45, 2.75) is 452 Å². The number of aliphatic hydroxyl groups excluding tert-OH is 1. The molecule has 0 aliphatic carbocycles. The van der Waals surface area contributed by atoms with Gasteiger partial charge in [0.25, 0.3) is 0 Å². The molecule has 7 atom stereocenters. The number of hydrogen-bond donors (Lipinski definition) is 3. The van der Waals surface area contributed by atoms with Crippen molar-refractivity contribution in [3.05, 3.63) is 0 Å². The molecule has 4 unspecified atom stereocenters. The molecule has 0 amide bonds. The first-order valence-corrected chi connectivity index (χ1v) is 45.9. The Labute approximate surface area is 626 Å². The van der Waals surface area contributed by atoms with Gasteiger partial charge in [0.05, 0.1) is 26.4 Å². The van der Waals surface area contributed by atoms with Gasteiger partial charge in [-0.3, -0.25) is 37.3 Å². The van der Waals surface area contributed by atoms with Crippen LogP contribution in [0.25, 0.3) is 0 Å². The zero-order valence-electron chi connectivity index (χ0n) is 67.1. The number of rotatable bonds is 81. The standard InChI is InChI=1S/C83H162O17P2/c1-8-11-12-13-14-15-26-36-43-50-57-64-80(85)93-70-79(100-83(88)67-60-53-46-39-32-31-35-42-49-56-63-76(7)10-3)73-98-102(91,92)96-69-77(84)68-95-101(89,90)97-72-78(71-94-81(86)65-58-51-44-37-29-24-21-20-23-28-34-41-48-55-62-75(6)9-2)99-82(87)66-59-52-45-38-30-25-19-17-16-18-22-27-33-40-47-54-61-74(4)5/h74-79,84H,8-73H2,1-7H3,(H,89,90)(H,91,92)/t75?,76?,77-,78-,79-/m1/s1. The van der Waals surface area contributed by atoms with Gasteiger partial charge < -0.3 is 33.8 Å². The Morgan fingerprint density at radius 2 is 0.500 bits per heavy atom. The Balaban J connectivity index is 5.26. The van der Waals surface area contributed by atoms with Crippen LogP contribution in [0.15, 0.2) is 0 Å². The SMILES string of the molecule is CCCCCCCCCCCCCC(=O)OC[C@H](COP(=O)(O)OC[C@H](O)COP(=O)(O)OC[C@@H](COC(=O)CCCCCCCCCCCCCCCCC(C)CC)OC(=O)CCCCCCCCCCCCCCCCCCC(C)C)OC(=O)CCCCCCCCCCCCC(C)CC. The maximum absolute atomic E-state index is 13.1. The Kier molecular flexibility index (Phi) is 71.8. The highest BCUT2D eigenvalue weighted by Crippen LogP contribution is 2.45. The zero-order chi connectivity index (χ0) is 75.1. The molecule has 606 valence electrons. The molecule has 0 aromatic carbocycles. The van der Waals surface area contributed by atoms with Crippen molar-refractivity contribution in [2.24, 2.45) is 17.8 Å². The number of ether oxygens (including phenoxy) is 4. The number of phosphoric acid groups is 2. The summed E-state index contributed by atoms with van der Waals surface area (Å²) in [5, 5.41) is 10.7. The van der Waals surface area contributed by atoms with Gasteiger partial charge >= 0.3 is 39.5 Å². The lowest BCUT2D eigenvalue weighted by Crippen LogP contribution is -2.30. The van der Waals surface area contributed by atoms with Crippen LogP contribution >= 0.6 is 15.6 Å². The topological polar surface area (TPSA) is 237 Å². The van der Waals surface area contributed by atoms with E-state index in [4.69, 9.17) is 37.0 Å². The minimum Gasteiger partial charge on any atom is -0.462 e. The second kappa shape index (κ2) is 73.2. The quantitative estimate of drug-likeness (QED) is 0.0222. The van der Waals surface area contributed by atoms with Crippen molar-refractivity contribution in [2.75, 3.05) is 39.6 Å². The fourth-order valence-corrected chi connectivity index (χ4v) is 14.4. The van der Waals surface area contributed by atoms with E-state index in [0.29, 0.717) is 25.7 Å². The van der Waals surface area contributed by atoms with Gasteiger partial charge in [0.2, 0.25) is 0 Å². The van der Waals surface area contributed by atoms with Crippen LogP contribution in [-0.2, 0) is 65.4 Å². The second-order valence-electron chi connectivity index (χ2n) is 30.8. The van der Waals surface area contributed by atoms with E-state index in [9.17, 15) is 43.2 Å². The highest BCUT2D eigenvalue weighted by atomic mass is 31.2. The van der Waals surface area contributed by atoms with Gasteiger partial charge in [-0.1, -0.05) is 382 Å². The van der Waals surface area contributed by atoms with E-state index in [1.165, 1.54) is 244 Å². The molecule has 19 heteroatoms. The maximum Gasteiger partial charge on any atom is 0.472 e. The maximum atomic E-state index is 13.1. The number of hydrogen-bond acceptors (Lipinski definition) is 15. The summed E-state index contributed by atoms with van der Waals surface area (Å²) in [5.74, 6) is 0.355. The minimum absolute atomic E-state index is 0.107. The van der Waals surface area contributed by atoms with Gasteiger partial charge in [0.15, 0.2) is 12.2 Å². The van der Waals surface area contributed by atoms with Crippen LogP contribution in [0.1, 0.15) is 434 Å². The van der Waals surface area contributed by atoms with Gasteiger partial charge in [0, 0.05) is 25.7 Å². The fourth-order valence-electron chi connectivity index (χ4n) is 12.8. The molecule has 0 aromatic rings. The van der Waals surface area contributed by atoms with Gasteiger partial charge in [-0.05, 0) is 43.4 Å². The number of carbonyl (C=O) groups excluding carboxylic acids is 4. The van der Waals surface area contributed by atoms with Crippen LogP contribution in [0.3, 0.4) is 0 Å². The molecule has 0 radical (unpaired) electrons. The van der Waals surface area contributed by atoms with Crippen molar-refractivity contribution in [1.82, 2.24) is 0 Å². The van der Waals surface area contributed by atoms with Crippen LogP contribution in [0.5, 0.6) is 0 Å². The van der Waals surface area contributed by atoms with E-state index in [1.807, 2.05) is 0 Å². The first-order chi connectivity index (χ1) is 49.3. The molecule has 0 spiro atoms. The van der Waals surface area contributed by atoms with Gasteiger partial charge in [-0.25, -0.2) is 9.13 Å². The predicted molar refractivity (Wildman–Crippen MR) is 418 cm³/mol. The first kappa shape index (κ1) is 100. The Bertz CT molecular complexity index is 1980. The summed E-state index contributed by atoms with van der Waals surface area (Å²) in [4.78, 5) is 73.1. The van der Waals surface area contributed by atoms with Gasteiger partial charge in [-0.2, -0.15) is 0 Å². The largest absolute Gasteiger partial charge is 0.472 e. The Morgan fingerprint density at radius 1 is 0.284 bits per heavy atom. The van der Waals surface area contributed by atoms with Crippen molar-refractivity contribution < 1.29 is 80.2 Å². The number of carbonyl (C=O) groups is 4. The zero-order valence-corrected chi connectivity index (χ0v) is 68.9. The lowest BCUT2D eigenvalue weighted by molar-refractivity contribution is -0.161. The van der Waals surface area contributed by atoms with Gasteiger partial charge in [-0.15, -0.1) is 0 Å². The molecule has 0 aromatic heterocycles. The molecule has 3 N–H and O–H groups in total. The number of aliphatic hydroxyl groups is 1. The van der Waals surface area contributed by atoms with E-state index in [1.54, 1.807) is 0 Å². The van der Waals surface area contributed by atoms with E-state index >= 15 is 0 Å². The summed E-state index contributed by atoms with van der Waals surface area (Å²) in [6.07, 6.45) is 62.2. The van der Waals surface area contributed by atoms with Crippen molar-refractivity contribution in [3.63, 3.8) is 0 Å². The van der Waals surface area contributed by atoms with E-state index in [2.05, 4.69) is 48.5 Å². The smallest absolute Gasteiger partial charge is 0.462 e. The van der Waals surface area contributed by atoms with Crippen LogP contribution in [0, 0.1) is 17.8 Å². The Hall–Kier alpha value is -1.94. The van der Waals surface area contributed by atoms with Crippen molar-refractivity contribution >= 4 is 39.5 Å². The molecule has 0 saturated carbocycles. The number of unbranched alkanes of at least 4 members (excludes halogenated alkanes) is 47. The fraction of sp³-hybridized carbons (Fsp3) is 0.952. The normalized spacial score (nSPS) is 14.5. The lowest BCUT2D eigenvalue weighted by atomic mass is 9.99. The summed E-state index contributed by atoms with van der Waals surface area (Å²) < 4.78 is 68.8. The summed E-state index contributed by atoms with van der Waals surface area (Å²) in [6.45, 7) is 12.1. The van der Waals surface area contributed by atoms with Crippen LogP contribution < -0.4 is 0 Å². The van der Waals surface area contributed by atoms with Crippen molar-refractivity contribution in [3.8, 4) is 0 Å². The molecular formula is C83H162O17P2. The third-order valence-corrected chi connectivity index (χ3v) is 22.0. The van der Waals surface area contributed by atoms with E-state index < -0.39 is 97.5 Å². The third-order valence-electron chi connectivity index (χ3n) is 20.1. The van der Waals surface area contributed by atoms with E-state index in [-0.39, 0.29) is 25.7 Å². The number of phosphoric ester groups is 2. The molecule has 0 fully saturated rings. The van der Waals surface area contributed by atoms with Crippen LogP contribution in [0.4, 0.5) is 0 Å². The monoisotopic (exact) mass is 1490 g/mol. The molecule has 0 aliphatic heterocycles. The molecule has 0 bridgehead atoms. The minimum atomic E-state index is -4.96. The lowest BCUT2D eigenvalue weighted by Gasteiger charge is -2.21. The summed E-state index contributed by atoms with van der Waals surface area (Å²) in [7, 11) is -9.92. The highest BCUT2D eigenvalue weighted by Gasteiger charge is 2.30. The molecule has 0 rings (SSSR count). The first-order valence-electron chi connectivity index (χ1n) is 42.9. The summed E-state index contributed by atoms with van der Waals surface area (Å²) in [5.41, 5.74) is 0. The predicted octanol–water partition coefficient (Wildman–Crippen LogP) is 24.9. The highest BCUT2D eigenvalue weighted by molar-refractivity contribution is 7.47. The average molecular weight is 1490 g/mol. The summed E-state index contributed by atoms with van der Waals surface area (Å²) in [6, 6.07) is 0. The van der Waals surface area contributed by atoms with Crippen LogP contribution in [0.2, 0.25) is 0 Å². The third kappa shape index (κ3) is 73.6. The molecule has 102 heavy (non-hydrogen) atoms. The molecule has 0 heterocycles. The molecular weight excluding hydrogens is 1330 g/mol. The summed E-state index contributed by atoms with van der Waals surface area (Å²) >= 11 is 0. The number of esters is 4. The molecule has 17 nitrogen and oxygen atoms in total. The second-order valence-corrected chi connectivity index (χ2v) is 33.7. The average Bonchev–Trinajstić information content (AvgIpc) is 0.966. The van der Waals surface area contributed by atoms with Crippen molar-refractivity contribution in [1.29, 1.82) is 0 Å². The molecule has 0 aliphatic rings. The Morgan fingerprint density at radius 3 is 0.745 bits per heavy atom. The van der Waals surface area contributed by atoms with E-state index in [0.717, 1.165) is 108 Å².